The first kappa shape index (κ1) is 8.05. The number of allylic oxidation sites excluding steroid dienone is 1. The molecule has 2 fully saturated rings. The van der Waals surface area contributed by atoms with Gasteiger partial charge in [0, 0.05) is 5.92 Å². The molecule has 13 heavy (non-hydrogen) atoms. The van der Waals surface area contributed by atoms with Crippen molar-refractivity contribution in [1.82, 2.24) is 0 Å². The molecule has 0 aromatic rings. The van der Waals surface area contributed by atoms with Gasteiger partial charge in [-0.3, -0.25) is 0 Å². The summed E-state index contributed by atoms with van der Waals surface area (Å²) in [6.45, 7) is 0. The molecule has 0 aliphatic heterocycles. The molecule has 3 aliphatic rings. The summed E-state index contributed by atoms with van der Waals surface area (Å²) in [5.74, 6) is 1.35. The molecule has 3 aliphatic carbocycles. The molecule has 0 heterocycles. The van der Waals surface area contributed by atoms with Crippen LogP contribution in [-0.4, -0.2) is 11.2 Å². The van der Waals surface area contributed by atoms with E-state index in [0.717, 1.165) is 12.3 Å². The van der Waals surface area contributed by atoms with Crippen molar-refractivity contribution < 1.29 is 5.11 Å². The smallest absolute Gasteiger partial charge is 0.0611 e. The second-order valence-electron chi connectivity index (χ2n) is 4.94. The van der Waals surface area contributed by atoms with Crippen LogP contribution in [0, 0.1) is 11.8 Å². The standard InChI is InChI=1S/C12H18O/c13-12-7-8-3-1-4-9(8)10-5-2-6-11(10)12/h8,11-13H,1-7H2. The largest absolute Gasteiger partial charge is 0.392 e. The molecular weight excluding hydrogens is 160 g/mol. The lowest BCUT2D eigenvalue weighted by molar-refractivity contribution is 0.0955. The molecule has 1 N–H and O–H groups in total. The summed E-state index contributed by atoms with van der Waals surface area (Å²) in [6.07, 6.45) is 9.04. The number of fused-ring (bicyclic) bond motifs is 2. The molecule has 0 bridgehead atoms. The first-order valence-electron chi connectivity index (χ1n) is 5.76. The molecule has 0 radical (unpaired) electrons. The zero-order valence-electron chi connectivity index (χ0n) is 8.13. The van der Waals surface area contributed by atoms with Crippen LogP contribution < -0.4 is 0 Å². The van der Waals surface area contributed by atoms with Crippen molar-refractivity contribution in [2.24, 2.45) is 11.8 Å². The second kappa shape index (κ2) is 2.84. The monoisotopic (exact) mass is 178 g/mol. The van der Waals surface area contributed by atoms with Gasteiger partial charge in [0.2, 0.25) is 0 Å². The molecule has 1 nitrogen and oxygen atoms in total. The van der Waals surface area contributed by atoms with E-state index in [-0.39, 0.29) is 6.10 Å². The lowest BCUT2D eigenvalue weighted by Crippen LogP contribution is -2.27. The zero-order valence-corrected chi connectivity index (χ0v) is 8.13. The number of aliphatic hydroxyl groups is 1. The Morgan fingerprint density at radius 2 is 1.77 bits per heavy atom. The summed E-state index contributed by atoms with van der Waals surface area (Å²) >= 11 is 0. The SMILES string of the molecule is OC1CC2CCCC2=C2CCCC21. The highest BCUT2D eigenvalue weighted by Crippen LogP contribution is 2.49. The topological polar surface area (TPSA) is 20.2 Å². The van der Waals surface area contributed by atoms with Crippen molar-refractivity contribution in [3.8, 4) is 0 Å². The average Bonchev–Trinajstić information content (AvgIpc) is 2.66. The van der Waals surface area contributed by atoms with E-state index in [0.29, 0.717) is 5.92 Å². The van der Waals surface area contributed by atoms with E-state index in [9.17, 15) is 5.11 Å². The second-order valence-corrected chi connectivity index (χ2v) is 4.94. The summed E-state index contributed by atoms with van der Waals surface area (Å²) in [5, 5.41) is 9.99. The highest BCUT2D eigenvalue weighted by molar-refractivity contribution is 5.29. The summed E-state index contributed by atoms with van der Waals surface area (Å²) in [6, 6.07) is 0. The fraction of sp³-hybridized carbons (Fsp3) is 0.833. The Hall–Kier alpha value is -0.300. The minimum absolute atomic E-state index is 0.00403. The minimum atomic E-state index is 0.00403. The predicted octanol–water partition coefficient (Wildman–Crippen LogP) is 2.65. The fourth-order valence-corrected chi connectivity index (χ4v) is 3.75. The van der Waals surface area contributed by atoms with Gasteiger partial charge in [-0.1, -0.05) is 11.1 Å². The van der Waals surface area contributed by atoms with E-state index in [1.165, 1.54) is 38.5 Å². The molecule has 1 heteroatoms. The van der Waals surface area contributed by atoms with Crippen molar-refractivity contribution in [2.75, 3.05) is 0 Å². The highest BCUT2D eigenvalue weighted by Gasteiger charge is 2.39. The molecule has 3 unspecified atom stereocenters. The van der Waals surface area contributed by atoms with Crippen LogP contribution in [0.4, 0.5) is 0 Å². The summed E-state index contributed by atoms with van der Waals surface area (Å²) < 4.78 is 0. The number of hydrogen-bond donors (Lipinski definition) is 1. The van der Waals surface area contributed by atoms with E-state index < -0.39 is 0 Å². The quantitative estimate of drug-likeness (QED) is 0.565. The first-order chi connectivity index (χ1) is 6.36. The molecule has 3 atom stereocenters. The van der Waals surface area contributed by atoms with Crippen molar-refractivity contribution in [3.63, 3.8) is 0 Å². The van der Waals surface area contributed by atoms with Crippen LogP contribution in [0.5, 0.6) is 0 Å². The minimum Gasteiger partial charge on any atom is -0.392 e. The van der Waals surface area contributed by atoms with Gasteiger partial charge in [-0.25, -0.2) is 0 Å². The Bertz CT molecular complexity index is 254. The van der Waals surface area contributed by atoms with Gasteiger partial charge in [-0.15, -0.1) is 0 Å². The normalized spacial score (nSPS) is 43.6. The average molecular weight is 178 g/mol. The Kier molecular flexibility index (Phi) is 1.76. The summed E-state index contributed by atoms with van der Waals surface area (Å²) in [5.41, 5.74) is 3.45. The van der Waals surface area contributed by atoms with Gasteiger partial charge in [0.25, 0.3) is 0 Å². The van der Waals surface area contributed by atoms with Crippen LogP contribution >= 0.6 is 0 Å². The van der Waals surface area contributed by atoms with E-state index in [1.807, 2.05) is 0 Å². The van der Waals surface area contributed by atoms with Crippen molar-refractivity contribution in [2.45, 2.75) is 51.0 Å². The van der Waals surface area contributed by atoms with Gasteiger partial charge in [0.15, 0.2) is 0 Å². The van der Waals surface area contributed by atoms with Crippen molar-refractivity contribution >= 4 is 0 Å². The van der Waals surface area contributed by atoms with E-state index in [4.69, 9.17) is 0 Å². The van der Waals surface area contributed by atoms with Gasteiger partial charge < -0.3 is 5.11 Å². The third-order valence-electron chi connectivity index (χ3n) is 4.30. The summed E-state index contributed by atoms with van der Waals surface area (Å²) in [7, 11) is 0. The Morgan fingerprint density at radius 3 is 2.69 bits per heavy atom. The van der Waals surface area contributed by atoms with Gasteiger partial charge in [0.1, 0.15) is 0 Å². The third-order valence-corrected chi connectivity index (χ3v) is 4.30. The van der Waals surface area contributed by atoms with Gasteiger partial charge in [-0.2, -0.15) is 0 Å². The number of hydrogen-bond acceptors (Lipinski definition) is 1. The van der Waals surface area contributed by atoms with Crippen LogP contribution in [0.25, 0.3) is 0 Å². The molecule has 0 amide bonds. The van der Waals surface area contributed by atoms with Crippen molar-refractivity contribution in [1.29, 1.82) is 0 Å². The van der Waals surface area contributed by atoms with Crippen molar-refractivity contribution in [3.05, 3.63) is 11.1 Å². The summed E-state index contributed by atoms with van der Waals surface area (Å²) in [4.78, 5) is 0. The van der Waals surface area contributed by atoms with E-state index in [2.05, 4.69) is 0 Å². The molecule has 0 aromatic carbocycles. The maximum absolute atomic E-state index is 9.99. The van der Waals surface area contributed by atoms with E-state index in [1.54, 1.807) is 11.1 Å². The molecular formula is C12H18O. The molecule has 0 aromatic heterocycles. The van der Waals surface area contributed by atoms with Crippen LogP contribution in [-0.2, 0) is 0 Å². The lowest BCUT2D eigenvalue weighted by Gasteiger charge is -2.31. The Morgan fingerprint density at radius 1 is 1.00 bits per heavy atom. The Balaban J connectivity index is 2.01. The van der Waals surface area contributed by atoms with Gasteiger partial charge in [0.05, 0.1) is 6.10 Å². The van der Waals surface area contributed by atoms with Gasteiger partial charge in [-0.05, 0) is 50.9 Å². The molecule has 0 saturated heterocycles. The zero-order chi connectivity index (χ0) is 8.84. The van der Waals surface area contributed by atoms with E-state index >= 15 is 0 Å². The molecule has 3 rings (SSSR count). The fourth-order valence-electron chi connectivity index (χ4n) is 3.75. The predicted molar refractivity (Wildman–Crippen MR) is 52.3 cm³/mol. The maximum Gasteiger partial charge on any atom is 0.0611 e. The Labute approximate surface area is 79.8 Å². The van der Waals surface area contributed by atoms with Crippen LogP contribution in [0.2, 0.25) is 0 Å². The van der Waals surface area contributed by atoms with Crippen LogP contribution in [0.3, 0.4) is 0 Å². The highest BCUT2D eigenvalue weighted by atomic mass is 16.3. The molecule has 0 spiro atoms. The maximum atomic E-state index is 9.99. The molecule has 2 saturated carbocycles. The third kappa shape index (κ3) is 1.10. The first-order valence-corrected chi connectivity index (χ1v) is 5.76. The van der Waals surface area contributed by atoms with Crippen LogP contribution in [0.1, 0.15) is 44.9 Å². The number of aliphatic hydroxyl groups excluding tert-OH is 1. The van der Waals surface area contributed by atoms with Gasteiger partial charge >= 0.3 is 0 Å². The van der Waals surface area contributed by atoms with Crippen LogP contribution in [0.15, 0.2) is 11.1 Å². The number of rotatable bonds is 0. The lowest BCUT2D eigenvalue weighted by atomic mass is 9.77. The molecule has 72 valence electrons.